The minimum Gasteiger partial charge on any atom is -0.508 e. The molecule has 0 radical (unpaired) electrons. The van der Waals surface area contributed by atoms with Gasteiger partial charge in [0.25, 0.3) is 0 Å². The summed E-state index contributed by atoms with van der Waals surface area (Å²) in [6, 6.07) is 3.17. The highest BCUT2D eigenvalue weighted by Crippen LogP contribution is 2.30. The average molecular weight is 236 g/mol. The van der Waals surface area contributed by atoms with Crippen LogP contribution in [0.1, 0.15) is 38.3 Å². The van der Waals surface area contributed by atoms with Crippen LogP contribution in [0.2, 0.25) is 0 Å². The van der Waals surface area contributed by atoms with Crippen LogP contribution in [-0.2, 0) is 4.79 Å². The first-order valence-electron chi connectivity index (χ1n) is 5.81. The summed E-state index contributed by atoms with van der Waals surface area (Å²) in [5.41, 5.74) is 1.05. The summed E-state index contributed by atoms with van der Waals surface area (Å²) in [6.07, 6.45) is 0.724. The highest BCUT2D eigenvalue weighted by molar-refractivity contribution is 5.78. The third kappa shape index (κ3) is 2.78. The zero-order valence-electron chi connectivity index (χ0n) is 11.1. The first kappa shape index (κ1) is 13.6. The van der Waals surface area contributed by atoms with Crippen LogP contribution < -0.4 is 4.74 Å². The summed E-state index contributed by atoms with van der Waals surface area (Å²) in [4.78, 5) is 11.9. The molecule has 0 aromatic heterocycles. The zero-order valence-corrected chi connectivity index (χ0v) is 11.1. The van der Waals surface area contributed by atoms with Crippen molar-refractivity contribution in [2.24, 2.45) is 5.41 Å². The third-order valence-corrected chi connectivity index (χ3v) is 3.35. The van der Waals surface area contributed by atoms with Crippen LogP contribution in [0.3, 0.4) is 0 Å². The molecule has 0 saturated heterocycles. The van der Waals surface area contributed by atoms with E-state index in [9.17, 15) is 9.90 Å². The maximum Gasteiger partial charge on any atom is 0.316 e. The summed E-state index contributed by atoms with van der Waals surface area (Å²) in [7, 11) is 0. The smallest absolute Gasteiger partial charge is 0.316 e. The molecule has 0 fully saturated rings. The minimum atomic E-state index is -0.488. The van der Waals surface area contributed by atoms with E-state index in [4.69, 9.17) is 4.74 Å². The Hall–Kier alpha value is -1.51. The van der Waals surface area contributed by atoms with E-state index in [0.29, 0.717) is 5.75 Å². The summed E-state index contributed by atoms with van der Waals surface area (Å²) < 4.78 is 5.39. The van der Waals surface area contributed by atoms with E-state index in [2.05, 4.69) is 0 Å². The second kappa shape index (κ2) is 4.78. The Kier molecular flexibility index (Phi) is 3.81. The number of carbonyl (C=O) groups excluding carboxylic acids is 1. The van der Waals surface area contributed by atoms with E-state index in [1.54, 1.807) is 19.1 Å². The number of carbonyl (C=O) groups is 1. The number of hydrogen-bond acceptors (Lipinski definition) is 3. The Morgan fingerprint density at radius 3 is 2.41 bits per heavy atom. The molecule has 0 atom stereocenters. The molecule has 0 amide bonds. The molecule has 1 aromatic rings. The molecule has 1 N–H and O–H groups in total. The average Bonchev–Trinajstić information content (AvgIpc) is 2.29. The van der Waals surface area contributed by atoms with Crippen molar-refractivity contribution in [1.29, 1.82) is 0 Å². The van der Waals surface area contributed by atoms with Crippen molar-refractivity contribution in [2.75, 3.05) is 0 Å². The molecule has 3 nitrogen and oxygen atoms in total. The summed E-state index contributed by atoms with van der Waals surface area (Å²) >= 11 is 0. The van der Waals surface area contributed by atoms with E-state index < -0.39 is 5.41 Å². The van der Waals surface area contributed by atoms with Crippen LogP contribution in [-0.4, -0.2) is 11.1 Å². The molecule has 1 rings (SSSR count). The third-order valence-electron chi connectivity index (χ3n) is 3.35. The lowest BCUT2D eigenvalue weighted by Crippen LogP contribution is -2.28. The molecule has 0 saturated carbocycles. The maximum absolute atomic E-state index is 11.9. The second-order valence-corrected chi connectivity index (χ2v) is 4.96. The predicted octanol–water partition coefficient (Wildman–Crippen LogP) is 3.35. The van der Waals surface area contributed by atoms with Gasteiger partial charge in [0.1, 0.15) is 11.5 Å². The van der Waals surface area contributed by atoms with Gasteiger partial charge in [-0.1, -0.05) is 6.92 Å². The van der Waals surface area contributed by atoms with Gasteiger partial charge in [0.15, 0.2) is 0 Å². The van der Waals surface area contributed by atoms with Crippen LogP contribution in [0.25, 0.3) is 0 Å². The van der Waals surface area contributed by atoms with Gasteiger partial charge in [0.05, 0.1) is 5.41 Å². The van der Waals surface area contributed by atoms with Gasteiger partial charge in [-0.3, -0.25) is 4.79 Å². The van der Waals surface area contributed by atoms with Crippen LogP contribution in [0.4, 0.5) is 0 Å². The van der Waals surface area contributed by atoms with Gasteiger partial charge in [-0.15, -0.1) is 0 Å². The van der Waals surface area contributed by atoms with Crippen molar-refractivity contribution in [1.82, 2.24) is 0 Å². The minimum absolute atomic E-state index is 0.219. The van der Waals surface area contributed by atoms with Crippen molar-refractivity contribution < 1.29 is 14.6 Å². The maximum atomic E-state index is 11.9. The van der Waals surface area contributed by atoms with E-state index in [-0.39, 0.29) is 11.7 Å². The monoisotopic (exact) mass is 236 g/mol. The van der Waals surface area contributed by atoms with Crippen LogP contribution in [0.15, 0.2) is 12.1 Å². The van der Waals surface area contributed by atoms with E-state index >= 15 is 0 Å². The standard InChI is InChI=1S/C14H20O3/c1-6-14(4,5)13(16)17-12-8-7-11(15)9(2)10(12)3/h7-8,15H,6H2,1-5H3. The van der Waals surface area contributed by atoms with Gasteiger partial charge < -0.3 is 9.84 Å². The number of rotatable bonds is 3. The fraction of sp³-hybridized carbons (Fsp3) is 0.500. The van der Waals surface area contributed by atoms with Gasteiger partial charge in [-0.05, 0) is 57.4 Å². The molecular weight excluding hydrogens is 216 g/mol. The number of benzene rings is 1. The molecule has 0 bridgehead atoms. The first-order valence-corrected chi connectivity index (χ1v) is 5.81. The van der Waals surface area contributed by atoms with E-state index in [1.165, 1.54) is 0 Å². The van der Waals surface area contributed by atoms with Crippen molar-refractivity contribution in [3.8, 4) is 11.5 Å². The number of phenolic OH excluding ortho intramolecular Hbond substituents is 1. The van der Waals surface area contributed by atoms with Crippen LogP contribution in [0.5, 0.6) is 11.5 Å². The van der Waals surface area contributed by atoms with E-state index in [1.807, 2.05) is 27.7 Å². The SMILES string of the molecule is CCC(C)(C)C(=O)Oc1ccc(O)c(C)c1C. The fourth-order valence-corrected chi connectivity index (χ4v) is 1.27. The van der Waals surface area contributed by atoms with Crippen LogP contribution in [0, 0.1) is 19.3 Å². The first-order chi connectivity index (χ1) is 7.79. The molecule has 0 aliphatic rings. The topological polar surface area (TPSA) is 46.5 Å². The Balaban J connectivity index is 2.98. The lowest BCUT2D eigenvalue weighted by Gasteiger charge is -2.21. The number of hydrogen-bond donors (Lipinski definition) is 1. The highest BCUT2D eigenvalue weighted by atomic mass is 16.5. The zero-order chi connectivity index (χ0) is 13.2. The second-order valence-electron chi connectivity index (χ2n) is 4.96. The van der Waals surface area contributed by atoms with Crippen molar-refractivity contribution in [2.45, 2.75) is 41.0 Å². The number of esters is 1. The largest absolute Gasteiger partial charge is 0.508 e. The Labute approximate surface area is 102 Å². The van der Waals surface area contributed by atoms with Gasteiger partial charge in [0, 0.05) is 0 Å². The lowest BCUT2D eigenvalue weighted by atomic mass is 9.90. The lowest BCUT2D eigenvalue weighted by molar-refractivity contribution is -0.144. The normalized spacial score (nSPS) is 11.4. The molecule has 0 spiro atoms. The molecule has 94 valence electrons. The molecule has 1 aromatic carbocycles. The molecule has 0 unspecified atom stereocenters. The summed E-state index contributed by atoms with van der Waals surface area (Å²) in [5.74, 6) is 0.497. The number of phenols is 1. The van der Waals surface area contributed by atoms with Crippen LogP contribution >= 0.6 is 0 Å². The van der Waals surface area contributed by atoms with Crippen molar-refractivity contribution in [3.05, 3.63) is 23.3 Å². The quantitative estimate of drug-likeness (QED) is 0.646. The van der Waals surface area contributed by atoms with Gasteiger partial charge >= 0.3 is 5.97 Å². The fourth-order valence-electron chi connectivity index (χ4n) is 1.27. The van der Waals surface area contributed by atoms with Gasteiger partial charge in [0.2, 0.25) is 0 Å². The Bertz CT molecular complexity index is 433. The molecule has 3 heteroatoms. The van der Waals surface area contributed by atoms with Crippen molar-refractivity contribution in [3.63, 3.8) is 0 Å². The molecular formula is C14H20O3. The summed E-state index contributed by atoms with van der Waals surface area (Å²) in [6.45, 7) is 9.30. The van der Waals surface area contributed by atoms with Crippen molar-refractivity contribution >= 4 is 5.97 Å². The predicted molar refractivity (Wildman–Crippen MR) is 67.3 cm³/mol. The molecule has 0 heterocycles. The molecule has 17 heavy (non-hydrogen) atoms. The summed E-state index contributed by atoms with van der Waals surface area (Å²) in [5, 5.41) is 9.52. The molecule has 0 aliphatic carbocycles. The van der Waals surface area contributed by atoms with Gasteiger partial charge in [-0.25, -0.2) is 0 Å². The Morgan fingerprint density at radius 1 is 1.29 bits per heavy atom. The van der Waals surface area contributed by atoms with Gasteiger partial charge in [-0.2, -0.15) is 0 Å². The molecule has 0 aliphatic heterocycles. The number of ether oxygens (including phenoxy) is 1. The number of aromatic hydroxyl groups is 1. The Morgan fingerprint density at radius 2 is 1.88 bits per heavy atom. The van der Waals surface area contributed by atoms with E-state index in [0.717, 1.165) is 17.5 Å². The highest BCUT2D eigenvalue weighted by Gasteiger charge is 2.28.